The van der Waals surface area contributed by atoms with Crippen LogP contribution in [0.25, 0.3) is 11.2 Å². The van der Waals surface area contributed by atoms with Gasteiger partial charge >= 0.3 is 6.09 Å². The van der Waals surface area contributed by atoms with Gasteiger partial charge in [0.15, 0.2) is 17.1 Å². The number of allylic oxidation sites excluding steroid dienone is 2. The molecule has 166 valence electrons. The van der Waals surface area contributed by atoms with Gasteiger partial charge in [-0.15, -0.1) is 0 Å². The van der Waals surface area contributed by atoms with Gasteiger partial charge in [-0.3, -0.25) is 0 Å². The van der Waals surface area contributed by atoms with Crippen LogP contribution in [0.1, 0.15) is 30.1 Å². The number of halogens is 1. The lowest BCUT2D eigenvalue weighted by Gasteiger charge is -2.25. The first-order valence-corrected chi connectivity index (χ1v) is 10.8. The SMILES string of the molecule is Cc1nc(Cl)nc2c1ncn2[C@H]1C=CC[C@@H](COC(=O)NCc2ccc3c(c2)OCO3)C1. The summed E-state index contributed by atoms with van der Waals surface area (Å²) in [5.74, 6) is 1.59. The van der Waals surface area contributed by atoms with Gasteiger partial charge in [0.1, 0.15) is 5.52 Å². The molecule has 0 spiro atoms. The molecule has 1 N–H and O–H groups in total. The quantitative estimate of drug-likeness (QED) is 0.459. The number of imidazole rings is 1. The van der Waals surface area contributed by atoms with Crippen LogP contribution in [0.2, 0.25) is 5.28 Å². The third kappa shape index (κ3) is 4.20. The van der Waals surface area contributed by atoms with Crippen LogP contribution in [-0.2, 0) is 11.3 Å². The molecule has 2 atom stereocenters. The third-order valence-electron chi connectivity index (χ3n) is 5.65. The number of aromatic nitrogens is 4. The van der Waals surface area contributed by atoms with Crippen LogP contribution in [0.15, 0.2) is 36.7 Å². The van der Waals surface area contributed by atoms with Gasteiger partial charge < -0.3 is 24.1 Å². The minimum absolute atomic E-state index is 0.0596. The molecule has 2 aliphatic rings. The van der Waals surface area contributed by atoms with Crippen molar-refractivity contribution >= 4 is 28.9 Å². The van der Waals surface area contributed by atoms with Crippen molar-refractivity contribution in [1.82, 2.24) is 24.8 Å². The lowest BCUT2D eigenvalue weighted by molar-refractivity contribution is 0.120. The molecule has 0 saturated heterocycles. The Morgan fingerprint density at radius 2 is 2.19 bits per heavy atom. The number of fused-ring (bicyclic) bond motifs is 2. The molecule has 1 aliphatic carbocycles. The third-order valence-corrected chi connectivity index (χ3v) is 5.82. The number of carbonyl (C=O) groups is 1. The van der Waals surface area contributed by atoms with Crippen LogP contribution in [0, 0.1) is 12.8 Å². The highest BCUT2D eigenvalue weighted by molar-refractivity contribution is 6.28. The second-order valence-electron chi connectivity index (χ2n) is 7.87. The lowest BCUT2D eigenvalue weighted by Crippen LogP contribution is -2.27. The van der Waals surface area contributed by atoms with Crippen molar-refractivity contribution in [2.75, 3.05) is 13.4 Å². The minimum Gasteiger partial charge on any atom is -0.454 e. The maximum atomic E-state index is 12.2. The van der Waals surface area contributed by atoms with Gasteiger partial charge in [0.05, 0.1) is 24.7 Å². The smallest absolute Gasteiger partial charge is 0.407 e. The van der Waals surface area contributed by atoms with E-state index in [0.29, 0.717) is 30.3 Å². The van der Waals surface area contributed by atoms with Gasteiger partial charge in [-0.05, 0) is 55.0 Å². The monoisotopic (exact) mass is 455 g/mol. The van der Waals surface area contributed by atoms with E-state index in [4.69, 9.17) is 25.8 Å². The van der Waals surface area contributed by atoms with Gasteiger partial charge in [-0.25, -0.2) is 14.8 Å². The molecule has 0 unspecified atom stereocenters. The number of hydrogen-bond donors (Lipinski definition) is 1. The summed E-state index contributed by atoms with van der Waals surface area (Å²) >= 11 is 6.05. The molecule has 10 heteroatoms. The highest BCUT2D eigenvalue weighted by Gasteiger charge is 2.23. The van der Waals surface area contributed by atoms with Crippen molar-refractivity contribution in [2.45, 2.75) is 32.4 Å². The fourth-order valence-corrected chi connectivity index (χ4v) is 4.23. The predicted molar refractivity (Wildman–Crippen MR) is 117 cm³/mol. The second kappa shape index (κ2) is 8.66. The minimum atomic E-state index is -0.447. The first kappa shape index (κ1) is 20.6. The molecule has 1 aliphatic heterocycles. The van der Waals surface area contributed by atoms with E-state index in [0.717, 1.165) is 29.6 Å². The number of nitrogens with zero attached hydrogens (tertiary/aromatic N) is 4. The molecule has 3 aromatic rings. The fraction of sp³-hybridized carbons (Fsp3) is 0.364. The van der Waals surface area contributed by atoms with Crippen molar-refractivity contribution < 1.29 is 19.0 Å². The van der Waals surface area contributed by atoms with Crippen molar-refractivity contribution in [3.05, 3.63) is 53.2 Å². The molecular formula is C22H22ClN5O4. The molecule has 0 saturated carbocycles. The number of aryl methyl sites for hydroxylation is 1. The van der Waals surface area contributed by atoms with Crippen molar-refractivity contribution in [3.63, 3.8) is 0 Å². The highest BCUT2D eigenvalue weighted by Crippen LogP contribution is 2.33. The molecule has 32 heavy (non-hydrogen) atoms. The van der Waals surface area contributed by atoms with Crippen LogP contribution in [-0.4, -0.2) is 39.0 Å². The maximum absolute atomic E-state index is 12.2. The zero-order chi connectivity index (χ0) is 22.1. The largest absolute Gasteiger partial charge is 0.454 e. The molecule has 0 radical (unpaired) electrons. The zero-order valence-electron chi connectivity index (χ0n) is 17.5. The van der Waals surface area contributed by atoms with Crippen LogP contribution < -0.4 is 14.8 Å². The van der Waals surface area contributed by atoms with Crippen LogP contribution in [0.3, 0.4) is 0 Å². The molecule has 1 aromatic carbocycles. The zero-order valence-corrected chi connectivity index (χ0v) is 18.2. The summed E-state index contributed by atoms with van der Waals surface area (Å²) < 4.78 is 18.1. The number of rotatable bonds is 5. The van der Waals surface area contributed by atoms with Crippen LogP contribution >= 0.6 is 11.6 Å². The van der Waals surface area contributed by atoms with E-state index in [-0.39, 0.29) is 24.0 Å². The number of ether oxygens (including phenoxy) is 3. The van der Waals surface area contributed by atoms with Gasteiger partial charge in [0.25, 0.3) is 0 Å². The van der Waals surface area contributed by atoms with E-state index in [2.05, 4.69) is 32.4 Å². The average molecular weight is 456 g/mol. The lowest BCUT2D eigenvalue weighted by atomic mass is 9.91. The van der Waals surface area contributed by atoms with E-state index < -0.39 is 6.09 Å². The number of hydrogen-bond acceptors (Lipinski definition) is 7. The first-order chi connectivity index (χ1) is 15.6. The second-order valence-corrected chi connectivity index (χ2v) is 8.21. The van der Waals surface area contributed by atoms with Crippen LogP contribution in [0.4, 0.5) is 4.79 Å². The molecule has 2 aromatic heterocycles. The summed E-state index contributed by atoms with van der Waals surface area (Å²) in [5.41, 5.74) is 3.11. The Kier molecular flexibility index (Phi) is 5.57. The molecular weight excluding hydrogens is 434 g/mol. The number of carbonyl (C=O) groups excluding carboxylic acids is 1. The number of alkyl carbamates (subject to hydrolysis) is 1. The predicted octanol–water partition coefficient (Wildman–Crippen LogP) is 3.95. The van der Waals surface area contributed by atoms with Gasteiger partial charge in [-0.2, -0.15) is 4.98 Å². The van der Waals surface area contributed by atoms with Crippen molar-refractivity contribution in [1.29, 1.82) is 0 Å². The summed E-state index contributed by atoms with van der Waals surface area (Å²) in [6.07, 6.45) is 7.19. The topological polar surface area (TPSA) is 100 Å². The van der Waals surface area contributed by atoms with E-state index in [1.165, 1.54) is 0 Å². The number of benzene rings is 1. The van der Waals surface area contributed by atoms with Gasteiger partial charge in [0.2, 0.25) is 12.1 Å². The Hall–Kier alpha value is -3.33. The maximum Gasteiger partial charge on any atom is 0.407 e. The Balaban J connectivity index is 1.16. The molecule has 9 nitrogen and oxygen atoms in total. The Bertz CT molecular complexity index is 1190. The summed E-state index contributed by atoms with van der Waals surface area (Å²) in [6, 6.07) is 5.63. The van der Waals surface area contributed by atoms with E-state index in [1.54, 1.807) is 6.33 Å². The van der Waals surface area contributed by atoms with Gasteiger partial charge in [0, 0.05) is 6.54 Å². The summed E-state index contributed by atoms with van der Waals surface area (Å²) in [4.78, 5) is 25.2. The van der Waals surface area contributed by atoms with E-state index in [9.17, 15) is 4.79 Å². The molecule has 0 bridgehead atoms. The molecule has 5 rings (SSSR count). The molecule has 3 heterocycles. The Morgan fingerprint density at radius 1 is 1.31 bits per heavy atom. The standard InChI is InChI=1S/C22H22ClN5O4/c1-13-19-20(27-21(23)26-13)28(11-25-19)16-4-2-3-15(7-16)10-30-22(29)24-9-14-5-6-17-18(8-14)32-12-31-17/h2,4-6,8,11,15-16H,3,7,9-10,12H2,1H3,(H,24,29)/t15-,16+/m1/s1. The molecule has 0 fully saturated rings. The number of amides is 1. The first-order valence-electron chi connectivity index (χ1n) is 10.4. The summed E-state index contributed by atoms with van der Waals surface area (Å²) in [7, 11) is 0. The van der Waals surface area contributed by atoms with Crippen LogP contribution in [0.5, 0.6) is 11.5 Å². The highest BCUT2D eigenvalue weighted by atomic mass is 35.5. The Morgan fingerprint density at radius 3 is 3.09 bits per heavy atom. The van der Waals surface area contributed by atoms with E-state index in [1.807, 2.05) is 29.7 Å². The van der Waals surface area contributed by atoms with Crippen molar-refractivity contribution in [3.8, 4) is 11.5 Å². The van der Waals surface area contributed by atoms with E-state index >= 15 is 0 Å². The fourth-order valence-electron chi connectivity index (χ4n) is 4.02. The summed E-state index contributed by atoms with van der Waals surface area (Å²) in [5, 5.41) is 2.99. The summed E-state index contributed by atoms with van der Waals surface area (Å²) in [6.45, 7) is 2.76. The van der Waals surface area contributed by atoms with Gasteiger partial charge in [-0.1, -0.05) is 18.2 Å². The average Bonchev–Trinajstić information content (AvgIpc) is 3.43. The number of nitrogens with one attached hydrogen (secondary N) is 1. The van der Waals surface area contributed by atoms with Crippen molar-refractivity contribution in [2.24, 2.45) is 5.92 Å². The molecule has 1 amide bonds. The Labute approximate surface area is 189 Å². The normalized spacial score (nSPS) is 19.3.